The van der Waals surface area contributed by atoms with Gasteiger partial charge in [-0.1, -0.05) is 46.8 Å². The highest BCUT2D eigenvalue weighted by Gasteiger charge is 2.45. The Morgan fingerprint density at radius 1 is 1.26 bits per heavy atom. The van der Waals surface area contributed by atoms with E-state index in [0.717, 1.165) is 13.2 Å². The molecule has 2 aliphatic rings. The molecule has 1 aromatic carbocycles. The van der Waals surface area contributed by atoms with E-state index in [2.05, 4.69) is 46.8 Å². The SMILES string of the molecule is CCC1(C)CC(C)(C)c2c1ccc1c2COCC1C. The minimum Gasteiger partial charge on any atom is -0.376 e. The molecule has 19 heavy (non-hydrogen) atoms. The maximum absolute atomic E-state index is 5.83. The van der Waals surface area contributed by atoms with Gasteiger partial charge in [0, 0.05) is 5.92 Å². The summed E-state index contributed by atoms with van der Waals surface area (Å²) < 4.78 is 5.83. The topological polar surface area (TPSA) is 9.23 Å². The second-order valence-electron chi connectivity index (χ2n) is 7.45. The first-order valence-electron chi connectivity index (χ1n) is 7.63. The minimum absolute atomic E-state index is 0.284. The highest BCUT2D eigenvalue weighted by molar-refractivity contribution is 5.53. The van der Waals surface area contributed by atoms with Gasteiger partial charge >= 0.3 is 0 Å². The van der Waals surface area contributed by atoms with Crippen molar-refractivity contribution in [3.05, 3.63) is 34.4 Å². The second kappa shape index (κ2) is 4.09. The molecule has 0 saturated heterocycles. The lowest BCUT2D eigenvalue weighted by Crippen LogP contribution is -2.22. The van der Waals surface area contributed by atoms with Crippen LogP contribution in [0.1, 0.15) is 75.6 Å². The van der Waals surface area contributed by atoms with Crippen molar-refractivity contribution in [2.24, 2.45) is 0 Å². The molecule has 0 fully saturated rings. The lowest BCUT2D eigenvalue weighted by atomic mass is 9.78. The fourth-order valence-electron chi connectivity index (χ4n) is 4.46. The molecule has 1 aliphatic heterocycles. The van der Waals surface area contributed by atoms with Crippen LogP contribution in [0.5, 0.6) is 0 Å². The van der Waals surface area contributed by atoms with Crippen molar-refractivity contribution in [2.45, 2.75) is 70.8 Å². The lowest BCUT2D eigenvalue weighted by molar-refractivity contribution is 0.0937. The molecule has 1 nitrogen and oxygen atoms in total. The normalized spacial score (nSPS) is 31.9. The summed E-state index contributed by atoms with van der Waals surface area (Å²) in [4.78, 5) is 0. The van der Waals surface area contributed by atoms with Gasteiger partial charge in [0.2, 0.25) is 0 Å². The number of rotatable bonds is 1. The molecule has 1 heteroatoms. The van der Waals surface area contributed by atoms with Crippen LogP contribution in [-0.4, -0.2) is 6.61 Å². The summed E-state index contributed by atoms with van der Waals surface area (Å²) in [7, 11) is 0. The molecular formula is C18H26O. The van der Waals surface area contributed by atoms with Crippen LogP contribution in [0.25, 0.3) is 0 Å². The van der Waals surface area contributed by atoms with E-state index in [4.69, 9.17) is 4.74 Å². The van der Waals surface area contributed by atoms with Crippen molar-refractivity contribution >= 4 is 0 Å². The molecule has 0 bridgehead atoms. The van der Waals surface area contributed by atoms with E-state index in [1.807, 2.05) is 0 Å². The summed E-state index contributed by atoms with van der Waals surface area (Å²) in [6, 6.07) is 4.78. The van der Waals surface area contributed by atoms with Crippen molar-refractivity contribution in [3.8, 4) is 0 Å². The Balaban J connectivity index is 2.25. The molecular weight excluding hydrogens is 232 g/mol. The highest BCUT2D eigenvalue weighted by atomic mass is 16.5. The molecule has 2 unspecified atom stereocenters. The Bertz CT molecular complexity index is 515. The summed E-state index contributed by atoms with van der Waals surface area (Å²) in [5.74, 6) is 0.540. The van der Waals surface area contributed by atoms with Crippen molar-refractivity contribution in [1.82, 2.24) is 0 Å². The van der Waals surface area contributed by atoms with Crippen molar-refractivity contribution in [1.29, 1.82) is 0 Å². The Hall–Kier alpha value is -0.820. The van der Waals surface area contributed by atoms with Gasteiger partial charge in [-0.15, -0.1) is 0 Å². The van der Waals surface area contributed by atoms with Crippen LogP contribution in [0.2, 0.25) is 0 Å². The molecule has 0 N–H and O–H groups in total. The zero-order valence-corrected chi connectivity index (χ0v) is 13.0. The van der Waals surface area contributed by atoms with Crippen LogP contribution >= 0.6 is 0 Å². The fraction of sp³-hybridized carbons (Fsp3) is 0.667. The second-order valence-corrected chi connectivity index (χ2v) is 7.45. The average Bonchev–Trinajstić information content (AvgIpc) is 2.58. The quantitative estimate of drug-likeness (QED) is 0.711. The molecule has 0 radical (unpaired) electrons. The highest BCUT2D eigenvalue weighted by Crippen LogP contribution is 2.53. The summed E-state index contributed by atoms with van der Waals surface area (Å²) in [5.41, 5.74) is 6.83. The van der Waals surface area contributed by atoms with Gasteiger partial charge in [0.1, 0.15) is 0 Å². The van der Waals surface area contributed by atoms with Crippen molar-refractivity contribution in [3.63, 3.8) is 0 Å². The van der Waals surface area contributed by atoms with Crippen LogP contribution in [0.15, 0.2) is 12.1 Å². The number of ether oxygens (including phenoxy) is 1. The van der Waals surface area contributed by atoms with Gasteiger partial charge in [0.25, 0.3) is 0 Å². The number of hydrogen-bond donors (Lipinski definition) is 0. The number of benzene rings is 1. The monoisotopic (exact) mass is 258 g/mol. The summed E-state index contributed by atoms with van der Waals surface area (Å²) in [6.45, 7) is 13.5. The number of fused-ring (bicyclic) bond motifs is 3. The van der Waals surface area contributed by atoms with Crippen LogP contribution in [-0.2, 0) is 22.2 Å². The minimum atomic E-state index is 0.284. The third-order valence-corrected chi connectivity index (χ3v) is 5.43. The molecule has 2 atom stereocenters. The molecule has 1 aliphatic carbocycles. The molecule has 3 rings (SSSR count). The van der Waals surface area contributed by atoms with Gasteiger partial charge < -0.3 is 4.74 Å². The molecule has 1 heterocycles. The van der Waals surface area contributed by atoms with Gasteiger partial charge in [0.05, 0.1) is 13.2 Å². The average molecular weight is 258 g/mol. The van der Waals surface area contributed by atoms with Gasteiger partial charge in [-0.3, -0.25) is 0 Å². The van der Waals surface area contributed by atoms with E-state index < -0.39 is 0 Å². The molecule has 0 spiro atoms. The largest absolute Gasteiger partial charge is 0.376 e. The maximum atomic E-state index is 5.83. The Kier molecular flexibility index (Phi) is 2.83. The van der Waals surface area contributed by atoms with Crippen molar-refractivity contribution in [2.75, 3.05) is 6.61 Å². The molecule has 0 saturated carbocycles. The smallest absolute Gasteiger partial charge is 0.0722 e. The summed E-state index contributed by atoms with van der Waals surface area (Å²) in [5, 5.41) is 0. The van der Waals surface area contributed by atoms with E-state index in [0.29, 0.717) is 11.3 Å². The van der Waals surface area contributed by atoms with Gasteiger partial charge in [-0.05, 0) is 45.9 Å². The maximum Gasteiger partial charge on any atom is 0.0722 e. The summed E-state index contributed by atoms with van der Waals surface area (Å²) in [6.07, 6.45) is 2.48. The number of hydrogen-bond acceptors (Lipinski definition) is 1. The summed E-state index contributed by atoms with van der Waals surface area (Å²) >= 11 is 0. The van der Waals surface area contributed by atoms with Crippen molar-refractivity contribution < 1.29 is 4.74 Å². The third kappa shape index (κ3) is 1.78. The van der Waals surface area contributed by atoms with E-state index in [1.165, 1.54) is 24.0 Å². The Labute approximate surface area is 117 Å². The zero-order valence-electron chi connectivity index (χ0n) is 13.0. The first kappa shape index (κ1) is 13.2. The zero-order chi connectivity index (χ0) is 13.8. The van der Waals surface area contributed by atoms with E-state index in [1.54, 1.807) is 11.1 Å². The van der Waals surface area contributed by atoms with Gasteiger partial charge in [0.15, 0.2) is 0 Å². The van der Waals surface area contributed by atoms with E-state index in [-0.39, 0.29) is 5.41 Å². The predicted molar refractivity (Wildman–Crippen MR) is 79.8 cm³/mol. The van der Waals surface area contributed by atoms with Gasteiger partial charge in [-0.25, -0.2) is 0 Å². The van der Waals surface area contributed by atoms with E-state index in [9.17, 15) is 0 Å². The van der Waals surface area contributed by atoms with Crippen LogP contribution in [0, 0.1) is 0 Å². The van der Waals surface area contributed by atoms with Crippen LogP contribution < -0.4 is 0 Å². The Morgan fingerprint density at radius 3 is 2.68 bits per heavy atom. The third-order valence-electron chi connectivity index (χ3n) is 5.43. The first-order valence-corrected chi connectivity index (χ1v) is 7.63. The predicted octanol–water partition coefficient (Wildman–Crippen LogP) is 4.67. The van der Waals surface area contributed by atoms with Crippen LogP contribution in [0.3, 0.4) is 0 Å². The lowest BCUT2D eigenvalue weighted by Gasteiger charge is -2.30. The molecule has 104 valence electrons. The van der Waals surface area contributed by atoms with E-state index >= 15 is 0 Å². The molecule has 0 amide bonds. The fourth-order valence-corrected chi connectivity index (χ4v) is 4.46. The molecule has 1 aromatic rings. The molecule has 0 aromatic heterocycles. The van der Waals surface area contributed by atoms with Gasteiger partial charge in [-0.2, -0.15) is 0 Å². The first-order chi connectivity index (χ1) is 8.89. The Morgan fingerprint density at radius 2 is 2.00 bits per heavy atom. The van der Waals surface area contributed by atoms with Crippen LogP contribution in [0.4, 0.5) is 0 Å². The standard InChI is InChI=1S/C18H26O/c1-6-18(5)11-17(3,4)16-14-10-19-9-12(2)13(14)7-8-15(16)18/h7-8,12H,6,9-11H2,1-5H3.